The van der Waals surface area contributed by atoms with Gasteiger partial charge in [0.1, 0.15) is 11.1 Å². The fourth-order valence-corrected chi connectivity index (χ4v) is 5.01. The Bertz CT molecular complexity index is 850. The van der Waals surface area contributed by atoms with Crippen molar-refractivity contribution < 1.29 is 9.59 Å². The smallest absolute Gasteiger partial charge is 0.263 e. The molecule has 1 aromatic heterocycles. The van der Waals surface area contributed by atoms with Gasteiger partial charge in [0.2, 0.25) is 5.91 Å². The third-order valence-corrected chi connectivity index (χ3v) is 6.84. The van der Waals surface area contributed by atoms with Gasteiger partial charge in [0.25, 0.3) is 11.5 Å². The van der Waals surface area contributed by atoms with Crippen LogP contribution in [0.4, 0.5) is 0 Å². The van der Waals surface area contributed by atoms with Crippen LogP contribution in [0.15, 0.2) is 10.9 Å². The Hall–Kier alpha value is -2.11. The van der Waals surface area contributed by atoms with E-state index in [0.717, 1.165) is 49.8 Å². The van der Waals surface area contributed by atoms with E-state index in [1.165, 1.54) is 32.1 Å². The van der Waals surface area contributed by atoms with Crippen LogP contribution in [0.25, 0.3) is 0 Å². The molecule has 0 bridgehead atoms. The lowest BCUT2D eigenvalue weighted by atomic mass is 9.88. The Labute approximate surface area is 186 Å². The fourth-order valence-electron chi connectivity index (χ4n) is 5.01. The van der Waals surface area contributed by atoms with Gasteiger partial charge in [-0.15, -0.1) is 0 Å². The quantitative estimate of drug-likeness (QED) is 0.723. The van der Waals surface area contributed by atoms with E-state index in [4.69, 9.17) is 0 Å². The van der Waals surface area contributed by atoms with Gasteiger partial charge in [0.05, 0.1) is 0 Å². The number of nitrogens with one attached hydrogen (secondary N) is 2. The zero-order valence-corrected chi connectivity index (χ0v) is 19.5. The van der Waals surface area contributed by atoms with E-state index in [-0.39, 0.29) is 17.0 Å². The summed E-state index contributed by atoms with van der Waals surface area (Å²) in [7, 11) is 0. The molecule has 0 unspecified atom stereocenters. The van der Waals surface area contributed by atoms with Crippen LogP contribution in [-0.4, -0.2) is 28.5 Å². The van der Waals surface area contributed by atoms with Crippen LogP contribution in [0.2, 0.25) is 0 Å². The molecule has 1 fully saturated rings. The molecule has 172 valence electrons. The van der Waals surface area contributed by atoms with Gasteiger partial charge >= 0.3 is 0 Å². The van der Waals surface area contributed by atoms with Gasteiger partial charge in [-0.2, -0.15) is 0 Å². The van der Waals surface area contributed by atoms with Crippen LogP contribution in [0.3, 0.4) is 0 Å². The van der Waals surface area contributed by atoms with Crippen molar-refractivity contribution in [3.8, 4) is 0 Å². The summed E-state index contributed by atoms with van der Waals surface area (Å²) in [5, 5.41) is 5.55. The predicted molar refractivity (Wildman–Crippen MR) is 123 cm³/mol. The lowest BCUT2D eigenvalue weighted by Gasteiger charge is -2.28. The summed E-state index contributed by atoms with van der Waals surface area (Å²) in [6.07, 6.45) is 12.4. The number of hydrogen-bond donors (Lipinski definition) is 2. The van der Waals surface area contributed by atoms with E-state index in [0.29, 0.717) is 19.0 Å². The highest BCUT2D eigenvalue weighted by Gasteiger charge is 2.31. The minimum atomic E-state index is -1.09. The van der Waals surface area contributed by atoms with Gasteiger partial charge < -0.3 is 15.2 Å². The first-order valence-corrected chi connectivity index (χ1v) is 12.2. The van der Waals surface area contributed by atoms with Gasteiger partial charge in [0, 0.05) is 18.8 Å². The van der Waals surface area contributed by atoms with Crippen molar-refractivity contribution in [2.24, 2.45) is 5.92 Å². The predicted octanol–water partition coefficient (Wildman–Crippen LogP) is 3.73. The van der Waals surface area contributed by atoms with E-state index in [1.807, 2.05) is 17.6 Å². The molecule has 1 heterocycles. The van der Waals surface area contributed by atoms with Crippen molar-refractivity contribution in [1.29, 1.82) is 0 Å². The fraction of sp³-hybridized carbons (Fsp3) is 0.720. The normalized spacial score (nSPS) is 17.9. The van der Waals surface area contributed by atoms with Crippen molar-refractivity contribution >= 4 is 11.8 Å². The second-order valence-electron chi connectivity index (χ2n) is 9.80. The highest BCUT2D eigenvalue weighted by atomic mass is 16.2. The molecule has 2 aliphatic carbocycles. The highest BCUT2D eigenvalue weighted by Crippen LogP contribution is 2.27. The zero-order chi connectivity index (χ0) is 22.4. The zero-order valence-electron chi connectivity index (χ0n) is 19.5. The Morgan fingerprint density at radius 3 is 2.35 bits per heavy atom. The lowest BCUT2D eigenvalue weighted by molar-refractivity contribution is -0.126. The highest BCUT2D eigenvalue weighted by molar-refractivity contribution is 5.98. The summed E-state index contributed by atoms with van der Waals surface area (Å²) >= 11 is 0. The summed E-state index contributed by atoms with van der Waals surface area (Å²) in [4.78, 5) is 39.1. The second kappa shape index (κ2) is 10.5. The van der Waals surface area contributed by atoms with Gasteiger partial charge in [-0.3, -0.25) is 14.4 Å². The van der Waals surface area contributed by atoms with Crippen LogP contribution in [0, 0.1) is 5.92 Å². The third kappa shape index (κ3) is 5.78. The summed E-state index contributed by atoms with van der Waals surface area (Å²) in [5.41, 5.74) is 1.16. The molecule has 6 heteroatoms. The van der Waals surface area contributed by atoms with Crippen molar-refractivity contribution in [2.45, 2.75) is 103 Å². The summed E-state index contributed by atoms with van der Waals surface area (Å²) < 4.78 is 1.92. The Kier molecular flexibility index (Phi) is 7.95. The maximum atomic E-state index is 13.5. The molecule has 1 aromatic rings. The number of carbonyl (C=O) groups excluding carboxylic acids is 2. The maximum absolute atomic E-state index is 13.5. The van der Waals surface area contributed by atoms with Crippen LogP contribution in [0.5, 0.6) is 0 Å². The molecule has 0 aromatic carbocycles. The van der Waals surface area contributed by atoms with E-state index in [2.05, 4.69) is 10.6 Å². The largest absolute Gasteiger partial charge is 0.354 e. The average Bonchev–Trinajstić information content (AvgIpc) is 2.71. The van der Waals surface area contributed by atoms with Gasteiger partial charge in [-0.05, 0) is 76.8 Å². The molecule has 0 spiro atoms. The molecule has 3 rings (SSSR count). The standard InChI is InChI=1S/C25H39N3O3/c1-4-26-24(31)25(2,3)27-22(29)20-16-19-14-10-5-6-11-15-21(19)28(23(20)30)17-18-12-8-7-9-13-18/h16,18H,4-15,17H2,1-3H3,(H,26,31)(H,27,29). The SMILES string of the molecule is CCNC(=O)C(C)(C)NC(=O)c1cc2c(n(CC3CCCCC3)c1=O)CCCCCC2. The molecule has 31 heavy (non-hydrogen) atoms. The number of rotatable bonds is 6. The molecule has 2 aliphatic rings. The summed E-state index contributed by atoms with van der Waals surface area (Å²) in [5.74, 6) is -0.202. The summed E-state index contributed by atoms with van der Waals surface area (Å²) in [6, 6.07) is 1.81. The average molecular weight is 430 g/mol. The third-order valence-electron chi connectivity index (χ3n) is 6.84. The molecule has 0 aliphatic heterocycles. The van der Waals surface area contributed by atoms with Crippen LogP contribution in [0.1, 0.15) is 100 Å². The first kappa shape index (κ1) is 23.6. The molecule has 0 saturated heterocycles. The van der Waals surface area contributed by atoms with Crippen molar-refractivity contribution in [3.05, 3.63) is 33.2 Å². The Morgan fingerprint density at radius 1 is 1.03 bits per heavy atom. The topological polar surface area (TPSA) is 80.2 Å². The van der Waals surface area contributed by atoms with Crippen molar-refractivity contribution in [1.82, 2.24) is 15.2 Å². The molecule has 1 saturated carbocycles. The van der Waals surface area contributed by atoms with E-state index in [9.17, 15) is 14.4 Å². The number of amides is 2. The van der Waals surface area contributed by atoms with Crippen LogP contribution >= 0.6 is 0 Å². The van der Waals surface area contributed by atoms with Gasteiger partial charge in [-0.25, -0.2) is 0 Å². The van der Waals surface area contributed by atoms with E-state index >= 15 is 0 Å². The summed E-state index contributed by atoms with van der Waals surface area (Å²) in [6.45, 7) is 6.38. The Morgan fingerprint density at radius 2 is 1.68 bits per heavy atom. The molecular formula is C25H39N3O3. The lowest BCUT2D eigenvalue weighted by Crippen LogP contribution is -2.55. The number of likely N-dealkylation sites (N-methyl/N-ethyl adjacent to an activating group) is 1. The number of aryl methyl sites for hydroxylation is 1. The number of fused-ring (bicyclic) bond motifs is 1. The Balaban J connectivity index is 1.96. The second-order valence-corrected chi connectivity index (χ2v) is 9.80. The van der Waals surface area contributed by atoms with Crippen molar-refractivity contribution in [3.63, 3.8) is 0 Å². The van der Waals surface area contributed by atoms with E-state index < -0.39 is 11.4 Å². The van der Waals surface area contributed by atoms with Crippen LogP contribution < -0.4 is 16.2 Å². The van der Waals surface area contributed by atoms with Gasteiger partial charge in [0.15, 0.2) is 0 Å². The first-order chi connectivity index (χ1) is 14.8. The molecule has 0 radical (unpaired) electrons. The minimum Gasteiger partial charge on any atom is -0.354 e. The maximum Gasteiger partial charge on any atom is 0.263 e. The monoisotopic (exact) mass is 429 g/mol. The number of carbonyl (C=O) groups is 2. The van der Waals surface area contributed by atoms with Crippen molar-refractivity contribution in [2.75, 3.05) is 6.54 Å². The minimum absolute atomic E-state index is 0.174. The number of pyridine rings is 1. The number of nitrogens with zero attached hydrogens (tertiary/aromatic N) is 1. The van der Waals surface area contributed by atoms with Crippen LogP contribution in [-0.2, 0) is 24.2 Å². The number of hydrogen-bond acceptors (Lipinski definition) is 3. The molecule has 2 N–H and O–H groups in total. The molecule has 2 amide bonds. The van der Waals surface area contributed by atoms with E-state index in [1.54, 1.807) is 13.8 Å². The molecule has 0 atom stereocenters. The molecular weight excluding hydrogens is 390 g/mol. The molecule has 6 nitrogen and oxygen atoms in total. The van der Waals surface area contributed by atoms with Gasteiger partial charge in [-0.1, -0.05) is 32.1 Å². The first-order valence-electron chi connectivity index (χ1n) is 12.2. The number of aromatic nitrogens is 1.